The van der Waals surface area contributed by atoms with Crippen LogP contribution in [0.1, 0.15) is 0 Å². The van der Waals surface area contributed by atoms with E-state index in [4.69, 9.17) is 11.6 Å². The minimum atomic E-state index is -3.31. The Kier molecular flexibility index (Phi) is 3.03. The Morgan fingerprint density at radius 3 is 2.76 bits per heavy atom. The van der Waals surface area contributed by atoms with Crippen molar-refractivity contribution in [3.05, 3.63) is 29.6 Å². The molecule has 0 aliphatic heterocycles. The van der Waals surface area contributed by atoms with Gasteiger partial charge in [-0.1, -0.05) is 17.3 Å². The fraction of sp³-hybridized carbons (Fsp3) is 0.111. The molecule has 6 nitrogen and oxygen atoms in total. The molecule has 1 aromatic carbocycles. The molecule has 0 fully saturated rings. The van der Waals surface area contributed by atoms with Crippen molar-refractivity contribution in [2.75, 3.05) is 11.0 Å². The minimum Gasteiger partial charge on any atom is -0.321 e. The molecule has 17 heavy (non-hydrogen) atoms. The van der Waals surface area contributed by atoms with E-state index in [-0.39, 0.29) is 5.35 Å². The van der Waals surface area contributed by atoms with Gasteiger partial charge in [-0.15, -0.1) is 0 Å². The second-order valence-corrected chi connectivity index (χ2v) is 5.40. The third-order valence-electron chi connectivity index (χ3n) is 1.83. The smallest absolute Gasteiger partial charge is 0.320 e. The zero-order chi connectivity index (χ0) is 12.5. The van der Waals surface area contributed by atoms with Gasteiger partial charge in [-0.3, -0.25) is 4.72 Å². The van der Waals surface area contributed by atoms with Crippen LogP contribution >= 0.6 is 11.6 Å². The van der Waals surface area contributed by atoms with Crippen molar-refractivity contribution in [3.63, 3.8) is 0 Å². The summed E-state index contributed by atoms with van der Waals surface area (Å²) in [4.78, 5) is 3.83. The largest absolute Gasteiger partial charge is 0.321 e. The second-order valence-electron chi connectivity index (χ2n) is 3.33. The summed E-state index contributed by atoms with van der Waals surface area (Å²) in [5, 5.41) is 3.56. The van der Waals surface area contributed by atoms with Gasteiger partial charge in [-0.2, -0.15) is 4.98 Å². The van der Waals surface area contributed by atoms with Gasteiger partial charge in [0.25, 0.3) is 0 Å². The van der Waals surface area contributed by atoms with E-state index in [1.165, 1.54) is 0 Å². The lowest BCUT2D eigenvalue weighted by Crippen LogP contribution is -2.09. The minimum absolute atomic E-state index is 0.0681. The number of sulfonamides is 1. The first-order valence-electron chi connectivity index (χ1n) is 4.51. The van der Waals surface area contributed by atoms with E-state index in [1.54, 1.807) is 24.3 Å². The van der Waals surface area contributed by atoms with Crippen LogP contribution in [0.25, 0.3) is 11.4 Å². The Hall–Kier alpha value is -1.60. The summed E-state index contributed by atoms with van der Waals surface area (Å²) in [6, 6.07) is 6.59. The highest BCUT2D eigenvalue weighted by molar-refractivity contribution is 7.92. The lowest BCUT2D eigenvalue weighted by Gasteiger charge is -2.04. The fourth-order valence-corrected chi connectivity index (χ4v) is 1.93. The standard InChI is InChI=1S/C9H8ClN3O3S/c1-17(14,15)13-7-4-2-3-6(5-7)8-11-9(10)16-12-8/h2-5,13H,1H3. The molecule has 90 valence electrons. The summed E-state index contributed by atoms with van der Waals surface area (Å²) in [7, 11) is -3.31. The summed E-state index contributed by atoms with van der Waals surface area (Å²) in [5.74, 6) is 0.298. The van der Waals surface area contributed by atoms with Gasteiger partial charge in [-0.25, -0.2) is 8.42 Å². The van der Waals surface area contributed by atoms with Crippen molar-refractivity contribution < 1.29 is 12.9 Å². The molecule has 0 spiro atoms. The molecule has 0 saturated heterocycles. The molecule has 0 aliphatic carbocycles. The van der Waals surface area contributed by atoms with Crippen molar-refractivity contribution in [2.45, 2.75) is 0 Å². The maximum Gasteiger partial charge on any atom is 0.320 e. The van der Waals surface area contributed by atoms with Crippen LogP contribution in [-0.4, -0.2) is 24.8 Å². The maximum atomic E-state index is 11.1. The van der Waals surface area contributed by atoms with Gasteiger partial charge in [0.1, 0.15) is 0 Å². The average molecular weight is 274 g/mol. The predicted molar refractivity (Wildman–Crippen MR) is 63.2 cm³/mol. The summed E-state index contributed by atoms with van der Waals surface area (Å²) >= 11 is 5.50. The molecule has 1 aromatic heterocycles. The van der Waals surface area contributed by atoms with Gasteiger partial charge in [0.05, 0.1) is 6.26 Å². The maximum absolute atomic E-state index is 11.1. The first kappa shape index (κ1) is 11.9. The number of rotatable bonds is 3. The average Bonchev–Trinajstić information content (AvgIpc) is 2.63. The predicted octanol–water partition coefficient (Wildman–Crippen LogP) is 1.76. The van der Waals surface area contributed by atoms with Crippen LogP contribution in [0.15, 0.2) is 28.8 Å². The molecule has 0 amide bonds. The van der Waals surface area contributed by atoms with Gasteiger partial charge in [0.15, 0.2) is 0 Å². The Morgan fingerprint density at radius 1 is 1.41 bits per heavy atom. The Bertz CT molecular complexity index is 638. The first-order chi connectivity index (χ1) is 7.94. The van der Waals surface area contributed by atoms with E-state index in [0.717, 1.165) is 6.26 Å². The van der Waals surface area contributed by atoms with Crippen LogP contribution in [0.5, 0.6) is 0 Å². The molecule has 1 heterocycles. The van der Waals surface area contributed by atoms with Crippen molar-refractivity contribution in [3.8, 4) is 11.4 Å². The summed E-state index contributed by atoms with van der Waals surface area (Å²) in [6.45, 7) is 0. The van der Waals surface area contributed by atoms with Gasteiger partial charge in [0.2, 0.25) is 15.8 Å². The quantitative estimate of drug-likeness (QED) is 0.921. The second kappa shape index (κ2) is 4.34. The monoisotopic (exact) mass is 273 g/mol. The van der Waals surface area contributed by atoms with Gasteiger partial charge in [-0.05, 0) is 23.7 Å². The molecule has 2 aromatic rings. The van der Waals surface area contributed by atoms with Crippen LogP contribution in [0.3, 0.4) is 0 Å². The molecule has 1 N–H and O–H groups in total. The zero-order valence-electron chi connectivity index (χ0n) is 8.71. The van der Waals surface area contributed by atoms with E-state index in [2.05, 4.69) is 19.4 Å². The Labute approximate surface area is 103 Å². The number of aromatic nitrogens is 2. The number of anilines is 1. The Balaban J connectivity index is 2.35. The highest BCUT2D eigenvalue weighted by Gasteiger charge is 2.08. The number of nitrogens with one attached hydrogen (secondary N) is 1. The third kappa shape index (κ3) is 3.18. The van der Waals surface area contributed by atoms with Crippen molar-refractivity contribution in [1.29, 1.82) is 0 Å². The molecule has 0 bridgehead atoms. The summed E-state index contributed by atoms with van der Waals surface area (Å²) in [6.07, 6.45) is 1.07. The number of nitrogens with zero attached hydrogens (tertiary/aromatic N) is 2. The normalized spacial score (nSPS) is 11.4. The van der Waals surface area contributed by atoms with E-state index in [9.17, 15) is 8.42 Å². The van der Waals surface area contributed by atoms with Crippen molar-refractivity contribution in [2.24, 2.45) is 0 Å². The molecule has 0 saturated carbocycles. The van der Waals surface area contributed by atoms with Crippen LogP contribution in [0.2, 0.25) is 5.35 Å². The van der Waals surface area contributed by atoms with Crippen LogP contribution < -0.4 is 4.72 Å². The lowest BCUT2D eigenvalue weighted by atomic mass is 10.2. The molecular formula is C9H8ClN3O3S. The number of benzene rings is 1. The zero-order valence-corrected chi connectivity index (χ0v) is 10.3. The molecule has 0 atom stereocenters. The molecule has 0 unspecified atom stereocenters. The summed E-state index contributed by atoms with van der Waals surface area (Å²) < 4.78 is 29.1. The fourth-order valence-electron chi connectivity index (χ4n) is 1.26. The van der Waals surface area contributed by atoms with Crippen LogP contribution in [0, 0.1) is 0 Å². The molecule has 0 radical (unpaired) electrons. The van der Waals surface area contributed by atoms with E-state index in [1.807, 2.05) is 0 Å². The van der Waals surface area contributed by atoms with Gasteiger partial charge in [0, 0.05) is 11.3 Å². The van der Waals surface area contributed by atoms with Crippen molar-refractivity contribution >= 4 is 27.3 Å². The lowest BCUT2D eigenvalue weighted by molar-refractivity contribution is 0.421. The number of hydrogen-bond donors (Lipinski definition) is 1. The first-order valence-corrected chi connectivity index (χ1v) is 6.78. The van der Waals surface area contributed by atoms with E-state index in [0.29, 0.717) is 17.1 Å². The highest BCUT2D eigenvalue weighted by Crippen LogP contribution is 2.21. The molecule has 0 aliphatic rings. The highest BCUT2D eigenvalue weighted by atomic mass is 35.5. The van der Waals surface area contributed by atoms with E-state index >= 15 is 0 Å². The van der Waals surface area contributed by atoms with Crippen molar-refractivity contribution in [1.82, 2.24) is 10.1 Å². The van der Waals surface area contributed by atoms with Gasteiger partial charge < -0.3 is 4.52 Å². The molecular weight excluding hydrogens is 266 g/mol. The number of hydrogen-bond acceptors (Lipinski definition) is 5. The van der Waals surface area contributed by atoms with Gasteiger partial charge >= 0.3 is 5.35 Å². The Morgan fingerprint density at radius 2 is 2.18 bits per heavy atom. The van der Waals surface area contributed by atoms with Crippen LogP contribution in [0.4, 0.5) is 5.69 Å². The molecule has 2 rings (SSSR count). The topological polar surface area (TPSA) is 85.1 Å². The number of halogens is 1. The SMILES string of the molecule is CS(=O)(=O)Nc1cccc(-c2noc(Cl)n2)c1. The molecule has 8 heteroatoms. The third-order valence-corrected chi connectivity index (χ3v) is 2.59. The van der Waals surface area contributed by atoms with E-state index < -0.39 is 10.0 Å². The van der Waals surface area contributed by atoms with Crippen LogP contribution in [-0.2, 0) is 10.0 Å². The summed E-state index contributed by atoms with van der Waals surface area (Å²) in [5.41, 5.74) is 1.03.